The van der Waals surface area contributed by atoms with Gasteiger partial charge >= 0.3 is 0 Å². The summed E-state index contributed by atoms with van der Waals surface area (Å²) in [4.78, 5) is 0. The van der Waals surface area contributed by atoms with Crippen LogP contribution in [0.5, 0.6) is 0 Å². The fraction of sp³-hybridized carbons (Fsp3) is 0.714. The van der Waals surface area contributed by atoms with Gasteiger partial charge in [0.15, 0.2) is 3.92 Å². The maximum absolute atomic E-state index is 4.14. The minimum atomic E-state index is 0.613. The number of hydrogen-bond donors (Lipinski definition) is 0. The summed E-state index contributed by atoms with van der Waals surface area (Å²) >= 11 is 7.02. The van der Waals surface area contributed by atoms with Crippen LogP contribution >= 0.6 is 39.0 Å². The summed E-state index contributed by atoms with van der Waals surface area (Å²) in [6.45, 7) is 0. The number of nitrogens with zero attached hydrogens (tertiary/aromatic N) is 2. The number of halogens is 1. The third-order valence-electron chi connectivity index (χ3n) is 1.87. The Kier molecular flexibility index (Phi) is 3.04. The highest BCUT2D eigenvalue weighted by Gasteiger charge is 2.19. The van der Waals surface area contributed by atoms with E-state index in [9.17, 15) is 0 Å². The fourth-order valence-corrected chi connectivity index (χ4v) is 3.97. The summed E-state index contributed by atoms with van der Waals surface area (Å²) in [6.07, 6.45) is 3.97. The second-order valence-corrected chi connectivity index (χ2v) is 6.34. The first kappa shape index (κ1) is 8.97. The Balaban J connectivity index is 2.08. The van der Waals surface area contributed by atoms with Crippen LogP contribution in [0.4, 0.5) is 0 Å². The van der Waals surface area contributed by atoms with Gasteiger partial charge in [0.2, 0.25) is 0 Å². The van der Waals surface area contributed by atoms with E-state index in [1.165, 1.54) is 30.0 Å². The van der Waals surface area contributed by atoms with Gasteiger partial charge in [-0.3, -0.25) is 0 Å². The van der Waals surface area contributed by atoms with E-state index in [4.69, 9.17) is 0 Å². The van der Waals surface area contributed by atoms with Crippen molar-refractivity contribution in [1.82, 2.24) is 10.2 Å². The third kappa shape index (κ3) is 2.00. The Hall–Kier alpha value is 0.390. The SMILES string of the molecule is Brc1nnc(C2CCCCS2)s1. The van der Waals surface area contributed by atoms with Gasteiger partial charge < -0.3 is 0 Å². The molecular weight excluding hydrogens is 256 g/mol. The second-order valence-electron chi connectivity index (χ2n) is 2.75. The van der Waals surface area contributed by atoms with Crippen molar-refractivity contribution in [3.8, 4) is 0 Å². The molecule has 66 valence electrons. The summed E-state index contributed by atoms with van der Waals surface area (Å²) in [5.74, 6) is 1.28. The lowest BCUT2D eigenvalue weighted by Crippen LogP contribution is -2.01. The molecule has 0 aliphatic carbocycles. The minimum absolute atomic E-state index is 0.613. The Bertz CT molecular complexity index is 258. The van der Waals surface area contributed by atoms with E-state index < -0.39 is 0 Å². The molecule has 0 radical (unpaired) electrons. The molecule has 1 fully saturated rings. The molecule has 1 aromatic heterocycles. The molecule has 2 heterocycles. The summed E-state index contributed by atoms with van der Waals surface area (Å²) in [5, 5.41) is 9.90. The van der Waals surface area contributed by atoms with Crippen molar-refractivity contribution >= 4 is 39.0 Å². The average Bonchev–Trinajstić information content (AvgIpc) is 2.54. The van der Waals surface area contributed by atoms with E-state index >= 15 is 0 Å². The first-order chi connectivity index (χ1) is 5.86. The van der Waals surface area contributed by atoms with E-state index in [2.05, 4.69) is 26.1 Å². The predicted molar refractivity (Wildman–Crippen MR) is 56.7 cm³/mol. The zero-order valence-electron chi connectivity index (χ0n) is 6.49. The fourth-order valence-electron chi connectivity index (χ4n) is 1.28. The highest BCUT2D eigenvalue weighted by Crippen LogP contribution is 2.39. The topological polar surface area (TPSA) is 25.8 Å². The van der Waals surface area contributed by atoms with Crippen molar-refractivity contribution < 1.29 is 0 Å². The molecular formula is C7H9BrN2S2. The molecule has 0 N–H and O–H groups in total. The molecule has 1 aromatic rings. The maximum Gasteiger partial charge on any atom is 0.183 e. The largest absolute Gasteiger partial charge is 0.183 e. The number of hydrogen-bond acceptors (Lipinski definition) is 4. The average molecular weight is 265 g/mol. The van der Waals surface area contributed by atoms with Gasteiger partial charge in [0, 0.05) is 0 Å². The van der Waals surface area contributed by atoms with Crippen LogP contribution in [0, 0.1) is 0 Å². The van der Waals surface area contributed by atoms with Gasteiger partial charge in [0.1, 0.15) is 5.01 Å². The monoisotopic (exact) mass is 264 g/mol. The molecule has 1 aliphatic rings. The molecule has 1 atom stereocenters. The van der Waals surface area contributed by atoms with Gasteiger partial charge in [-0.25, -0.2) is 0 Å². The van der Waals surface area contributed by atoms with Crippen LogP contribution in [0.1, 0.15) is 29.5 Å². The van der Waals surface area contributed by atoms with Crippen LogP contribution in [0.15, 0.2) is 3.92 Å². The van der Waals surface area contributed by atoms with Crippen LogP contribution in [0.2, 0.25) is 0 Å². The summed E-state index contributed by atoms with van der Waals surface area (Å²) in [5.41, 5.74) is 0. The van der Waals surface area contributed by atoms with Gasteiger partial charge in [0.05, 0.1) is 5.25 Å². The number of rotatable bonds is 1. The molecule has 0 bridgehead atoms. The molecule has 0 saturated carbocycles. The molecule has 1 saturated heterocycles. The lowest BCUT2D eigenvalue weighted by atomic mass is 10.2. The summed E-state index contributed by atoms with van der Waals surface area (Å²) < 4.78 is 0.906. The molecule has 0 amide bonds. The first-order valence-electron chi connectivity index (χ1n) is 3.97. The Labute approximate surface area is 88.3 Å². The van der Waals surface area contributed by atoms with Gasteiger partial charge in [-0.05, 0) is 34.5 Å². The summed E-state index contributed by atoms with van der Waals surface area (Å²) in [6, 6.07) is 0. The van der Waals surface area contributed by atoms with Crippen LogP contribution in [0.3, 0.4) is 0 Å². The van der Waals surface area contributed by atoms with Crippen LogP contribution in [-0.4, -0.2) is 16.0 Å². The van der Waals surface area contributed by atoms with Crippen molar-refractivity contribution in [3.05, 3.63) is 8.92 Å². The third-order valence-corrected chi connectivity index (χ3v) is 4.88. The minimum Gasteiger partial charge on any atom is -0.151 e. The number of aromatic nitrogens is 2. The second kappa shape index (κ2) is 4.07. The van der Waals surface area contributed by atoms with Crippen LogP contribution < -0.4 is 0 Å². The standard InChI is InChI=1S/C7H9BrN2S2/c8-7-10-9-6(12-7)5-3-1-2-4-11-5/h5H,1-4H2. The van der Waals surface area contributed by atoms with Crippen molar-refractivity contribution in [2.24, 2.45) is 0 Å². The highest BCUT2D eigenvalue weighted by atomic mass is 79.9. The van der Waals surface area contributed by atoms with Crippen LogP contribution in [-0.2, 0) is 0 Å². The van der Waals surface area contributed by atoms with E-state index in [0.717, 1.165) is 3.92 Å². The van der Waals surface area contributed by atoms with Crippen molar-refractivity contribution in [3.63, 3.8) is 0 Å². The first-order valence-corrected chi connectivity index (χ1v) is 6.62. The van der Waals surface area contributed by atoms with E-state index in [-0.39, 0.29) is 0 Å². The Morgan fingerprint density at radius 2 is 2.25 bits per heavy atom. The lowest BCUT2D eigenvalue weighted by molar-refractivity contribution is 0.679. The molecule has 1 aliphatic heterocycles. The van der Waals surface area contributed by atoms with Gasteiger partial charge in [-0.1, -0.05) is 17.8 Å². The molecule has 12 heavy (non-hydrogen) atoms. The molecule has 5 heteroatoms. The maximum atomic E-state index is 4.14. The Morgan fingerprint density at radius 3 is 2.83 bits per heavy atom. The van der Waals surface area contributed by atoms with Crippen molar-refractivity contribution in [1.29, 1.82) is 0 Å². The lowest BCUT2D eigenvalue weighted by Gasteiger charge is -2.17. The normalized spacial score (nSPS) is 24.2. The van der Waals surface area contributed by atoms with Gasteiger partial charge in [0.25, 0.3) is 0 Å². The zero-order chi connectivity index (χ0) is 8.39. The molecule has 0 aromatic carbocycles. The molecule has 2 nitrogen and oxygen atoms in total. The molecule has 2 rings (SSSR count). The molecule has 0 spiro atoms. The molecule has 1 unspecified atom stereocenters. The smallest absolute Gasteiger partial charge is 0.151 e. The summed E-state index contributed by atoms with van der Waals surface area (Å²) in [7, 11) is 0. The van der Waals surface area contributed by atoms with E-state index in [1.807, 2.05) is 11.8 Å². The van der Waals surface area contributed by atoms with Crippen molar-refractivity contribution in [2.45, 2.75) is 24.5 Å². The zero-order valence-corrected chi connectivity index (χ0v) is 9.71. The van der Waals surface area contributed by atoms with E-state index in [0.29, 0.717) is 5.25 Å². The predicted octanol–water partition coefficient (Wildman–Crippen LogP) is 3.26. The van der Waals surface area contributed by atoms with Crippen LogP contribution in [0.25, 0.3) is 0 Å². The van der Waals surface area contributed by atoms with Crippen molar-refractivity contribution in [2.75, 3.05) is 5.75 Å². The number of thioether (sulfide) groups is 1. The van der Waals surface area contributed by atoms with E-state index in [1.54, 1.807) is 11.3 Å². The quantitative estimate of drug-likeness (QED) is 0.779. The van der Waals surface area contributed by atoms with Gasteiger partial charge in [-0.15, -0.1) is 10.2 Å². The highest BCUT2D eigenvalue weighted by molar-refractivity contribution is 9.11. The Morgan fingerprint density at radius 1 is 1.33 bits per heavy atom. The van der Waals surface area contributed by atoms with Gasteiger partial charge in [-0.2, -0.15) is 11.8 Å².